The van der Waals surface area contributed by atoms with Crippen molar-refractivity contribution in [1.82, 2.24) is 0 Å². The summed E-state index contributed by atoms with van der Waals surface area (Å²) < 4.78 is 27.5. The summed E-state index contributed by atoms with van der Waals surface area (Å²) in [5.74, 6) is 2.29. The van der Waals surface area contributed by atoms with E-state index in [2.05, 4.69) is 0 Å². The summed E-state index contributed by atoms with van der Waals surface area (Å²) >= 11 is 0. The Morgan fingerprint density at radius 3 is 2.38 bits per heavy atom. The van der Waals surface area contributed by atoms with Crippen molar-refractivity contribution in [3.05, 3.63) is 82.6 Å². The zero-order valence-corrected chi connectivity index (χ0v) is 19.3. The Labute approximate surface area is 197 Å². The van der Waals surface area contributed by atoms with E-state index in [4.69, 9.17) is 23.7 Å². The molecule has 0 spiro atoms. The van der Waals surface area contributed by atoms with Crippen LogP contribution in [-0.4, -0.2) is 39.5 Å². The van der Waals surface area contributed by atoms with Crippen LogP contribution in [0.5, 0.6) is 28.7 Å². The molecule has 3 aromatic carbocycles. The molecule has 3 aromatic rings. The molecule has 7 nitrogen and oxygen atoms in total. The second kappa shape index (κ2) is 9.70. The fourth-order valence-corrected chi connectivity index (χ4v) is 3.74. The number of allylic oxidation sites excluding steroid dienone is 1. The summed E-state index contributed by atoms with van der Waals surface area (Å²) in [6, 6.07) is 15.5. The lowest BCUT2D eigenvalue weighted by atomic mass is 10.0. The average Bonchev–Trinajstić information content (AvgIpc) is 3.17. The number of para-hydroxylation sites is 1. The van der Waals surface area contributed by atoms with E-state index in [1.54, 1.807) is 81.8 Å². The normalized spacial score (nSPS) is 13.3. The van der Waals surface area contributed by atoms with Gasteiger partial charge in [-0.2, -0.15) is 0 Å². The molecule has 174 valence electrons. The minimum Gasteiger partial charge on any atom is -0.497 e. The highest BCUT2D eigenvalue weighted by Gasteiger charge is 2.30. The largest absolute Gasteiger partial charge is 0.497 e. The Balaban J connectivity index is 1.54. The SMILES string of the molecule is COc1ccc(C(=O)COc2cc(C)c3c(c2)O/C(=C\c2cccc(OC)c2OC)C3=O)cc1. The summed E-state index contributed by atoms with van der Waals surface area (Å²) in [6.45, 7) is 1.65. The minimum absolute atomic E-state index is 0.151. The van der Waals surface area contributed by atoms with E-state index in [1.807, 2.05) is 0 Å². The Morgan fingerprint density at radius 1 is 0.941 bits per heavy atom. The highest BCUT2D eigenvalue weighted by atomic mass is 16.5. The number of ketones is 2. The van der Waals surface area contributed by atoms with Gasteiger partial charge in [-0.25, -0.2) is 0 Å². The molecule has 0 saturated heterocycles. The molecule has 0 N–H and O–H groups in total. The fraction of sp³-hybridized carbons (Fsp3) is 0.185. The number of carbonyl (C=O) groups is 2. The van der Waals surface area contributed by atoms with E-state index in [0.29, 0.717) is 51.0 Å². The topological polar surface area (TPSA) is 80.3 Å². The lowest BCUT2D eigenvalue weighted by molar-refractivity contribution is 0.0920. The highest BCUT2D eigenvalue weighted by Crippen LogP contribution is 2.39. The van der Waals surface area contributed by atoms with E-state index in [-0.39, 0.29) is 23.9 Å². The van der Waals surface area contributed by atoms with Gasteiger partial charge in [0.05, 0.1) is 26.9 Å². The predicted molar refractivity (Wildman–Crippen MR) is 126 cm³/mol. The van der Waals surface area contributed by atoms with Gasteiger partial charge in [-0.3, -0.25) is 9.59 Å². The van der Waals surface area contributed by atoms with E-state index >= 15 is 0 Å². The molecular weight excluding hydrogens is 436 g/mol. The number of fused-ring (bicyclic) bond motifs is 1. The highest BCUT2D eigenvalue weighted by molar-refractivity contribution is 6.15. The molecular formula is C27H24O7. The van der Waals surface area contributed by atoms with Crippen molar-refractivity contribution in [3.63, 3.8) is 0 Å². The first-order valence-electron chi connectivity index (χ1n) is 10.5. The molecule has 0 bridgehead atoms. The van der Waals surface area contributed by atoms with Crippen LogP contribution in [0.2, 0.25) is 0 Å². The van der Waals surface area contributed by atoms with Crippen LogP contribution in [0.4, 0.5) is 0 Å². The summed E-state index contributed by atoms with van der Waals surface area (Å²) in [4.78, 5) is 25.5. The Kier molecular flexibility index (Phi) is 6.54. The van der Waals surface area contributed by atoms with Gasteiger partial charge in [-0.1, -0.05) is 12.1 Å². The molecule has 0 atom stereocenters. The third-order valence-corrected chi connectivity index (χ3v) is 5.45. The second-order valence-electron chi connectivity index (χ2n) is 7.58. The lowest BCUT2D eigenvalue weighted by Crippen LogP contribution is -2.11. The van der Waals surface area contributed by atoms with Crippen molar-refractivity contribution in [2.45, 2.75) is 6.92 Å². The van der Waals surface area contributed by atoms with Crippen molar-refractivity contribution in [1.29, 1.82) is 0 Å². The maximum Gasteiger partial charge on any atom is 0.232 e. The smallest absolute Gasteiger partial charge is 0.232 e. The zero-order valence-electron chi connectivity index (χ0n) is 19.3. The maximum absolute atomic E-state index is 13.0. The molecule has 34 heavy (non-hydrogen) atoms. The Morgan fingerprint density at radius 2 is 1.71 bits per heavy atom. The number of benzene rings is 3. The first-order chi connectivity index (χ1) is 16.4. The van der Waals surface area contributed by atoms with Crippen LogP contribution in [0.15, 0.2) is 60.4 Å². The molecule has 0 aromatic heterocycles. The van der Waals surface area contributed by atoms with Gasteiger partial charge in [0.2, 0.25) is 5.78 Å². The maximum atomic E-state index is 13.0. The summed E-state index contributed by atoms with van der Waals surface area (Å²) in [5.41, 5.74) is 2.32. The van der Waals surface area contributed by atoms with E-state index in [0.717, 1.165) is 0 Å². The number of ether oxygens (including phenoxy) is 5. The summed E-state index contributed by atoms with van der Waals surface area (Å²) in [7, 11) is 4.65. The van der Waals surface area contributed by atoms with Gasteiger partial charge in [0.15, 0.2) is 29.6 Å². The van der Waals surface area contributed by atoms with E-state index in [1.165, 1.54) is 7.11 Å². The van der Waals surface area contributed by atoms with Crippen LogP contribution in [-0.2, 0) is 0 Å². The van der Waals surface area contributed by atoms with Crippen molar-refractivity contribution in [3.8, 4) is 28.7 Å². The van der Waals surface area contributed by atoms with Crippen LogP contribution in [0.25, 0.3) is 6.08 Å². The molecule has 4 rings (SSSR count). The Hall–Kier alpha value is -4.26. The monoisotopic (exact) mass is 460 g/mol. The lowest BCUT2D eigenvalue weighted by Gasteiger charge is -2.10. The van der Waals surface area contributed by atoms with Crippen molar-refractivity contribution in [2.24, 2.45) is 0 Å². The molecule has 1 heterocycles. The third-order valence-electron chi connectivity index (χ3n) is 5.45. The van der Waals surface area contributed by atoms with Crippen LogP contribution >= 0.6 is 0 Å². The Bertz CT molecular complexity index is 1270. The minimum atomic E-state index is -0.238. The molecule has 1 aliphatic heterocycles. The number of aryl methyl sites for hydroxylation is 1. The van der Waals surface area contributed by atoms with Crippen molar-refractivity contribution < 1.29 is 33.3 Å². The zero-order chi connectivity index (χ0) is 24.2. The molecule has 0 fully saturated rings. The van der Waals surface area contributed by atoms with Gasteiger partial charge in [0.25, 0.3) is 0 Å². The van der Waals surface area contributed by atoms with Gasteiger partial charge in [-0.05, 0) is 55.0 Å². The van der Waals surface area contributed by atoms with Crippen LogP contribution < -0.4 is 23.7 Å². The molecule has 0 unspecified atom stereocenters. The van der Waals surface area contributed by atoms with E-state index in [9.17, 15) is 9.59 Å². The van der Waals surface area contributed by atoms with Crippen LogP contribution in [0.3, 0.4) is 0 Å². The predicted octanol–water partition coefficient (Wildman–Crippen LogP) is 4.90. The van der Waals surface area contributed by atoms with Crippen LogP contribution in [0, 0.1) is 6.92 Å². The summed E-state index contributed by atoms with van der Waals surface area (Å²) in [6.07, 6.45) is 1.62. The van der Waals surface area contributed by atoms with Gasteiger partial charge < -0.3 is 23.7 Å². The molecule has 7 heteroatoms. The second-order valence-corrected chi connectivity index (χ2v) is 7.58. The average molecular weight is 460 g/mol. The summed E-state index contributed by atoms with van der Waals surface area (Å²) in [5, 5.41) is 0. The van der Waals surface area contributed by atoms with Crippen LogP contribution in [0.1, 0.15) is 31.8 Å². The number of hydrogen-bond donors (Lipinski definition) is 0. The molecule has 0 radical (unpaired) electrons. The number of Topliss-reactive ketones (excluding diaryl/α,β-unsaturated/α-hetero) is 2. The van der Waals surface area contributed by atoms with Crippen molar-refractivity contribution in [2.75, 3.05) is 27.9 Å². The number of hydrogen-bond acceptors (Lipinski definition) is 7. The van der Waals surface area contributed by atoms with Gasteiger partial charge in [0, 0.05) is 17.2 Å². The quantitative estimate of drug-likeness (QED) is 0.349. The third kappa shape index (κ3) is 4.45. The molecule has 0 aliphatic carbocycles. The first-order valence-corrected chi connectivity index (χ1v) is 10.5. The van der Waals surface area contributed by atoms with Gasteiger partial charge in [0.1, 0.15) is 17.2 Å². The van der Waals surface area contributed by atoms with E-state index < -0.39 is 0 Å². The first kappa shape index (κ1) is 22.9. The molecule has 0 saturated carbocycles. The fourth-order valence-electron chi connectivity index (χ4n) is 3.74. The van der Waals surface area contributed by atoms with Gasteiger partial charge >= 0.3 is 0 Å². The molecule has 0 amide bonds. The number of methoxy groups -OCH3 is 3. The molecule has 1 aliphatic rings. The standard InChI is InChI=1S/C27H24O7/c1-16-12-20(33-15-21(28)17-8-10-19(30-2)11-9-17)14-23-25(16)26(29)24(34-23)13-18-6-5-7-22(31-3)27(18)32-4/h5-14H,15H2,1-4H3/b24-13-. The van der Waals surface area contributed by atoms with Gasteiger partial charge in [-0.15, -0.1) is 0 Å². The number of carbonyl (C=O) groups excluding carboxylic acids is 2. The van der Waals surface area contributed by atoms with Crippen molar-refractivity contribution >= 4 is 17.6 Å². The number of rotatable bonds is 8.